The van der Waals surface area contributed by atoms with Crippen molar-refractivity contribution in [3.63, 3.8) is 0 Å². The van der Waals surface area contributed by atoms with Gasteiger partial charge in [-0.1, -0.05) is 11.6 Å². The Labute approximate surface area is 175 Å². The highest BCUT2D eigenvalue weighted by atomic mass is 35.5. The highest BCUT2D eigenvalue weighted by Gasteiger charge is 2.20. The molecule has 0 bridgehead atoms. The van der Waals surface area contributed by atoms with Crippen molar-refractivity contribution in [2.75, 3.05) is 19.0 Å². The van der Waals surface area contributed by atoms with Gasteiger partial charge in [0.05, 0.1) is 18.7 Å². The Morgan fingerprint density at radius 2 is 2.13 bits per heavy atom. The predicted octanol–water partition coefficient (Wildman–Crippen LogP) is 3.53. The summed E-state index contributed by atoms with van der Waals surface area (Å²) in [6, 6.07) is 4.71. The van der Waals surface area contributed by atoms with E-state index in [1.807, 2.05) is 0 Å². The van der Waals surface area contributed by atoms with Crippen LogP contribution in [0.4, 0.5) is 10.3 Å². The second-order valence-electron chi connectivity index (χ2n) is 6.68. The second-order valence-corrected chi connectivity index (χ2v) is 7.09. The van der Waals surface area contributed by atoms with Gasteiger partial charge in [-0.3, -0.25) is 4.40 Å². The molecule has 0 atom stereocenters. The van der Waals surface area contributed by atoms with Gasteiger partial charge in [-0.25, -0.2) is 14.4 Å². The minimum Gasteiger partial charge on any atom is -0.493 e. The van der Waals surface area contributed by atoms with Crippen molar-refractivity contribution in [1.82, 2.24) is 24.6 Å². The van der Waals surface area contributed by atoms with Crippen molar-refractivity contribution in [3.05, 3.63) is 58.9 Å². The number of rotatable bonds is 5. The zero-order valence-corrected chi connectivity index (χ0v) is 16.6. The van der Waals surface area contributed by atoms with E-state index >= 15 is 0 Å². The standard InChI is InChI=1S/C20H16ClFN6O2/c1-29-18-6-15(21)12(7-23-18)14-9-25-20(28-10-26-27-19(14)28)24-8-13-11-4-5-30-17(11)3-2-16(13)22/h2-3,6-7,9-10H,4-5,8H2,1H3,(H,24,25). The Balaban J connectivity index is 1.49. The summed E-state index contributed by atoms with van der Waals surface area (Å²) in [5.41, 5.74) is 3.31. The zero-order chi connectivity index (χ0) is 20.7. The number of anilines is 1. The molecule has 0 unspecified atom stereocenters. The van der Waals surface area contributed by atoms with Crippen molar-refractivity contribution in [2.24, 2.45) is 0 Å². The molecule has 4 aromatic rings. The number of benzene rings is 1. The molecule has 3 aromatic heterocycles. The number of ether oxygens (including phenoxy) is 2. The van der Waals surface area contributed by atoms with Gasteiger partial charge >= 0.3 is 0 Å². The van der Waals surface area contributed by atoms with Gasteiger partial charge in [0.25, 0.3) is 0 Å². The van der Waals surface area contributed by atoms with Crippen LogP contribution in [-0.4, -0.2) is 38.3 Å². The van der Waals surface area contributed by atoms with Crippen LogP contribution in [0.15, 0.2) is 36.9 Å². The quantitative estimate of drug-likeness (QED) is 0.522. The number of methoxy groups -OCH3 is 1. The summed E-state index contributed by atoms with van der Waals surface area (Å²) in [6.45, 7) is 0.813. The molecule has 4 heterocycles. The number of aromatic nitrogens is 5. The monoisotopic (exact) mass is 426 g/mol. The summed E-state index contributed by atoms with van der Waals surface area (Å²) >= 11 is 6.39. The van der Waals surface area contributed by atoms with Gasteiger partial charge in [-0.15, -0.1) is 10.2 Å². The number of hydrogen-bond acceptors (Lipinski definition) is 7. The van der Waals surface area contributed by atoms with Crippen LogP contribution < -0.4 is 14.8 Å². The van der Waals surface area contributed by atoms with Crippen LogP contribution in [0.3, 0.4) is 0 Å². The molecular formula is C20H16ClFN6O2. The van der Waals surface area contributed by atoms with Gasteiger partial charge in [-0.2, -0.15) is 0 Å². The van der Waals surface area contributed by atoms with E-state index in [1.54, 1.807) is 28.9 Å². The van der Waals surface area contributed by atoms with Crippen LogP contribution in [0.1, 0.15) is 11.1 Å². The van der Waals surface area contributed by atoms with Crippen LogP contribution in [0, 0.1) is 5.82 Å². The minimum atomic E-state index is -0.278. The fourth-order valence-corrected chi connectivity index (χ4v) is 3.78. The second kappa shape index (κ2) is 7.42. The van der Waals surface area contributed by atoms with Crippen LogP contribution in [0.25, 0.3) is 16.8 Å². The van der Waals surface area contributed by atoms with Gasteiger partial charge in [-0.05, 0) is 12.1 Å². The molecule has 0 amide bonds. The van der Waals surface area contributed by atoms with Gasteiger partial charge in [0.1, 0.15) is 17.9 Å². The summed E-state index contributed by atoms with van der Waals surface area (Å²) in [4.78, 5) is 8.68. The molecule has 30 heavy (non-hydrogen) atoms. The molecule has 0 saturated carbocycles. The average Bonchev–Trinajstić information content (AvgIpc) is 3.43. The molecule has 5 rings (SSSR count). The Kier molecular flexibility index (Phi) is 4.59. The number of nitrogens with zero attached hydrogens (tertiary/aromatic N) is 5. The Hall–Kier alpha value is -3.46. The molecular weight excluding hydrogens is 411 g/mol. The van der Waals surface area contributed by atoms with E-state index in [9.17, 15) is 4.39 Å². The summed E-state index contributed by atoms with van der Waals surface area (Å²) in [6.07, 6.45) is 5.45. The van der Waals surface area contributed by atoms with Crippen LogP contribution in [-0.2, 0) is 13.0 Å². The molecule has 0 fully saturated rings. The Morgan fingerprint density at radius 3 is 2.97 bits per heavy atom. The zero-order valence-electron chi connectivity index (χ0n) is 15.9. The first-order valence-corrected chi connectivity index (χ1v) is 9.59. The van der Waals surface area contributed by atoms with E-state index in [0.29, 0.717) is 52.2 Å². The third kappa shape index (κ3) is 3.07. The molecule has 0 radical (unpaired) electrons. The molecule has 0 saturated heterocycles. The van der Waals surface area contributed by atoms with Crippen LogP contribution in [0.2, 0.25) is 5.02 Å². The van der Waals surface area contributed by atoms with Gasteiger partial charge in [0, 0.05) is 53.7 Å². The van der Waals surface area contributed by atoms with E-state index in [0.717, 1.165) is 11.3 Å². The number of hydrogen-bond donors (Lipinski definition) is 1. The van der Waals surface area contributed by atoms with Gasteiger partial charge < -0.3 is 14.8 Å². The Bertz CT molecular complexity index is 1260. The first-order chi connectivity index (χ1) is 14.7. The molecule has 10 heteroatoms. The fourth-order valence-electron chi connectivity index (χ4n) is 3.54. The predicted molar refractivity (Wildman–Crippen MR) is 109 cm³/mol. The third-order valence-electron chi connectivity index (χ3n) is 5.02. The summed E-state index contributed by atoms with van der Waals surface area (Å²) in [5, 5.41) is 11.8. The first-order valence-electron chi connectivity index (χ1n) is 9.21. The topological polar surface area (TPSA) is 86.5 Å². The molecule has 0 spiro atoms. The van der Waals surface area contributed by atoms with Gasteiger partial charge in [0.15, 0.2) is 5.65 Å². The number of pyridine rings is 1. The highest BCUT2D eigenvalue weighted by Crippen LogP contribution is 2.33. The first kappa shape index (κ1) is 18.6. The molecule has 8 nitrogen and oxygen atoms in total. The van der Waals surface area contributed by atoms with Crippen molar-refractivity contribution < 1.29 is 13.9 Å². The molecule has 0 aliphatic carbocycles. The smallest absolute Gasteiger partial charge is 0.214 e. The lowest BCUT2D eigenvalue weighted by Crippen LogP contribution is -2.09. The van der Waals surface area contributed by atoms with Crippen LogP contribution >= 0.6 is 11.6 Å². The SMILES string of the molecule is COc1cc(Cl)c(-c2cnc(NCc3c(F)ccc4c3CCO4)n3cnnc23)cn1. The molecule has 152 valence electrons. The summed E-state index contributed by atoms with van der Waals surface area (Å²) in [7, 11) is 1.52. The number of fused-ring (bicyclic) bond motifs is 2. The fraction of sp³-hybridized carbons (Fsp3) is 0.200. The van der Waals surface area contributed by atoms with Crippen molar-refractivity contribution in [2.45, 2.75) is 13.0 Å². The number of halogens is 2. The lowest BCUT2D eigenvalue weighted by Gasteiger charge is -2.13. The lowest BCUT2D eigenvalue weighted by molar-refractivity contribution is 0.356. The maximum atomic E-state index is 14.4. The van der Waals surface area contributed by atoms with Crippen molar-refractivity contribution in [3.8, 4) is 22.8 Å². The minimum absolute atomic E-state index is 0.253. The van der Waals surface area contributed by atoms with Gasteiger partial charge in [0.2, 0.25) is 11.8 Å². The van der Waals surface area contributed by atoms with E-state index in [4.69, 9.17) is 21.1 Å². The highest BCUT2D eigenvalue weighted by molar-refractivity contribution is 6.33. The van der Waals surface area contributed by atoms with Crippen molar-refractivity contribution >= 4 is 23.2 Å². The van der Waals surface area contributed by atoms with E-state index < -0.39 is 0 Å². The molecule has 1 aliphatic rings. The van der Waals surface area contributed by atoms with E-state index in [-0.39, 0.29) is 12.4 Å². The Morgan fingerprint density at radius 1 is 1.27 bits per heavy atom. The molecule has 1 N–H and O–H groups in total. The normalized spacial score (nSPS) is 12.6. The maximum Gasteiger partial charge on any atom is 0.214 e. The summed E-state index contributed by atoms with van der Waals surface area (Å²) in [5.74, 6) is 1.34. The third-order valence-corrected chi connectivity index (χ3v) is 5.34. The number of nitrogens with one attached hydrogen (secondary N) is 1. The summed E-state index contributed by atoms with van der Waals surface area (Å²) < 4.78 is 26.7. The van der Waals surface area contributed by atoms with E-state index in [1.165, 1.54) is 19.5 Å². The molecule has 1 aromatic carbocycles. The maximum absolute atomic E-state index is 14.4. The van der Waals surface area contributed by atoms with Crippen LogP contribution in [0.5, 0.6) is 11.6 Å². The van der Waals surface area contributed by atoms with Crippen molar-refractivity contribution in [1.29, 1.82) is 0 Å². The van der Waals surface area contributed by atoms with E-state index in [2.05, 4.69) is 25.5 Å². The largest absolute Gasteiger partial charge is 0.493 e. The molecule has 1 aliphatic heterocycles. The lowest BCUT2D eigenvalue weighted by atomic mass is 10.0. The average molecular weight is 427 g/mol.